The van der Waals surface area contributed by atoms with Crippen molar-refractivity contribution in [1.29, 1.82) is 0 Å². The summed E-state index contributed by atoms with van der Waals surface area (Å²) in [4.78, 5) is 20.7. The second kappa shape index (κ2) is 9.23. The van der Waals surface area contributed by atoms with Gasteiger partial charge in [-0.1, -0.05) is 50.2 Å². The summed E-state index contributed by atoms with van der Waals surface area (Å²) in [6.45, 7) is 5.71. The summed E-state index contributed by atoms with van der Waals surface area (Å²) in [5, 5.41) is 2.97. The normalized spacial score (nSPS) is 12.5. The van der Waals surface area contributed by atoms with E-state index < -0.39 is 10.0 Å². The number of carbonyl (C=O) groups is 1. The van der Waals surface area contributed by atoms with E-state index in [4.69, 9.17) is 0 Å². The maximum absolute atomic E-state index is 13.0. The Kier molecular flexibility index (Phi) is 6.69. The van der Waals surface area contributed by atoms with Gasteiger partial charge in [0.05, 0.1) is 22.8 Å². The van der Waals surface area contributed by atoms with Crippen LogP contribution >= 0.6 is 0 Å². The number of imidazole rings is 1. The number of hydrogen-bond donors (Lipinski definition) is 3. The topological polar surface area (TPSA) is 104 Å². The molecule has 0 saturated carbocycles. The summed E-state index contributed by atoms with van der Waals surface area (Å²) in [6.07, 6.45) is 2.37. The van der Waals surface area contributed by atoms with Crippen molar-refractivity contribution in [3.8, 4) is 11.3 Å². The molecule has 0 aliphatic rings. The van der Waals surface area contributed by atoms with Gasteiger partial charge in [0.1, 0.15) is 5.82 Å². The lowest BCUT2D eigenvalue weighted by molar-refractivity contribution is 0.0933. The van der Waals surface area contributed by atoms with Gasteiger partial charge in [0.2, 0.25) is 10.0 Å². The Morgan fingerprint density at radius 1 is 1.13 bits per heavy atom. The van der Waals surface area contributed by atoms with Gasteiger partial charge in [-0.05, 0) is 36.6 Å². The van der Waals surface area contributed by atoms with Gasteiger partial charge >= 0.3 is 0 Å². The molecule has 2 aromatic carbocycles. The highest BCUT2D eigenvalue weighted by Crippen LogP contribution is 2.22. The minimum absolute atomic E-state index is 0.0671. The molecule has 0 aliphatic heterocycles. The molecule has 0 radical (unpaired) electrons. The smallest absolute Gasteiger partial charge is 0.252 e. The van der Waals surface area contributed by atoms with Crippen LogP contribution in [0.1, 0.15) is 48.1 Å². The molecule has 0 spiro atoms. The molecule has 1 unspecified atom stereocenters. The SMILES string of the molecule is CCNS(=O)(=O)c1ccc(C)c(C(=O)NC(CC)c2ncc(-c3ccccc3)[nH]2)c1. The predicted molar refractivity (Wildman–Crippen MR) is 117 cm³/mol. The summed E-state index contributed by atoms with van der Waals surface area (Å²) in [7, 11) is -3.65. The molecule has 30 heavy (non-hydrogen) atoms. The van der Waals surface area contributed by atoms with Crippen LogP contribution in [-0.4, -0.2) is 30.8 Å². The van der Waals surface area contributed by atoms with Crippen LogP contribution in [0.15, 0.2) is 59.6 Å². The van der Waals surface area contributed by atoms with Crippen molar-refractivity contribution in [1.82, 2.24) is 20.0 Å². The fourth-order valence-corrected chi connectivity index (χ4v) is 4.23. The number of nitrogens with zero attached hydrogens (tertiary/aromatic N) is 1. The third kappa shape index (κ3) is 4.77. The monoisotopic (exact) mass is 426 g/mol. The van der Waals surface area contributed by atoms with Crippen LogP contribution < -0.4 is 10.0 Å². The number of hydrogen-bond acceptors (Lipinski definition) is 4. The fourth-order valence-electron chi connectivity index (χ4n) is 3.16. The molecule has 3 N–H and O–H groups in total. The van der Waals surface area contributed by atoms with Crippen molar-refractivity contribution in [3.63, 3.8) is 0 Å². The summed E-state index contributed by atoms with van der Waals surface area (Å²) < 4.78 is 27.0. The maximum Gasteiger partial charge on any atom is 0.252 e. The molecule has 1 heterocycles. The van der Waals surface area contributed by atoms with Crippen LogP contribution in [-0.2, 0) is 10.0 Å². The molecule has 0 aliphatic carbocycles. The highest BCUT2D eigenvalue weighted by atomic mass is 32.2. The van der Waals surface area contributed by atoms with Gasteiger partial charge in [-0.2, -0.15) is 0 Å². The first-order valence-electron chi connectivity index (χ1n) is 9.87. The number of carbonyl (C=O) groups excluding carboxylic acids is 1. The quantitative estimate of drug-likeness (QED) is 0.512. The number of benzene rings is 2. The summed E-state index contributed by atoms with van der Waals surface area (Å²) >= 11 is 0. The van der Waals surface area contributed by atoms with E-state index in [1.165, 1.54) is 12.1 Å². The summed E-state index contributed by atoms with van der Waals surface area (Å²) in [5.74, 6) is 0.310. The Morgan fingerprint density at radius 3 is 2.53 bits per heavy atom. The van der Waals surface area contributed by atoms with Crippen LogP contribution in [0.2, 0.25) is 0 Å². The van der Waals surface area contributed by atoms with E-state index in [9.17, 15) is 13.2 Å². The number of sulfonamides is 1. The molecule has 3 aromatic rings. The van der Waals surface area contributed by atoms with Gasteiger partial charge in [0.15, 0.2) is 0 Å². The first-order valence-corrected chi connectivity index (χ1v) is 11.4. The van der Waals surface area contributed by atoms with E-state index >= 15 is 0 Å². The Labute approximate surface area is 177 Å². The number of rotatable bonds is 8. The van der Waals surface area contributed by atoms with E-state index in [-0.39, 0.29) is 23.4 Å². The van der Waals surface area contributed by atoms with E-state index in [1.807, 2.05) is 37.3 Å². The Bertz CT molecular complexity index is 1120. The van der Waals surface area contributed by atoms with Crippen LogP contribution in [0, 0.1) is 6.92 Å². The molecule has 8 heteroatoms. The van der Waals surface area contributed by atoms with E-state index in [2.05, 4.69) is 20.0 Å². The average Bonchev–Trinajstić information content (AvgIpc) is 3.22. The Morgan fingerprint density at radius 2 is 1.87 bits per heavy atom. The molecule has 158 valence electrons. The van der Waals surface area contributed by atoms with Gasteiger partial charge in [-0.3, -0.25) is 4.79 Å². The van der Waals surface area contributed by atoms with Crippen molar-refractivity contribution < 1.29 is 13.2 Å². The molecule has 1 aromatic heterocycles. The van der Waals surface area contributed by atoms with Crippen molar-refractivity contribution in [2.45, 2.75) is 38.1 Å². The van der Waals surface area contributed by atoms with Gasteiger partial charge < -0.3 is 10.3 Å². The third-order valence-corrected chi connectivity index (χ3v) is 6.37. The van der Waals surface area contributed by atoms with Crippen LogP contribution in [0.25, 0.3) is 11.3 Å². The molecule has 7 nitrogen and oxygen atoms in total. The van der Waals surface area contributed by atoms with E-state index in [0.29, 0.717) is 23.4 Å². The van der Waals surface area contributed by atoms with E-state index in [1.54, 1.807) is 26.1 Å². The largest absolute Gasteiger partial charge is 0.342 e. The number of aromatic amines is 1. The minimum atomic E-state index is -3.65. The zero-order valence-electron chi connectivity index (χ0n) is 17.3. The highest BCUT2D eigenvalue weighted by molar-refractivity contribution is 7.89. The number of H-pyrrole nitrogens is 1. The molecular weight excluding hydrogens is 400 g/mol. The lowest BCUT2D eigenvalue weighted by Gasteiger charge is -2.16. The Balaban J connectivity index is 1.83. The van der Waals surface area contributed by atoms with Gasteiger partial charge in [-0.25, -0.2) is 18.1 Å². The second-order valence-corrected chi connectivity index (χ2v) is 8.73. The predicted octanol–water partition coefficient (Wildman–Crippen LogP) is 3.56. The van der Waals surface area contributed by atoms with Crippen molar-refractivity contribution in [3.05, 3.63) is 71.7 Å². The number of nitrogens with one attached hydrogen (secondary N) is 3. The summed E-state index contributed by atoms with van der Waals surface area (Å²) in [5.41, 5.74) is 2.90. The average molecular weight is 427 g/mol. The number of amides is 1. The fraction of sp³-hybridized carbons (Fsp3) is 0.273. The van der Waals surface area contributed by atoms with Crippen molar-refractivity contribution >= 4 is 15.9 Å². The van der Waals surface area contributed by atoms with Crippen LogP contribution in [0.3, 0.4) is 0 Å². The molecule has 0 fully saturated rings. The van der Waals surface area contributed by atoms with Crippen LogP contribution in [0.4, 0.5) is 0 Å². The maximum atomic E-state index is 13.0. The zero-order chi connectivity index (χ0) is 21.7. The Hall–Kier alpha value is -2.97. The molecular formula is C22H26N4O3S. The lowest BCUT2D eigenvalue weighted by atomic mass is 10.1. The number of aromatic nitrogens is 2. The first-order chi connectivity index (χ1) is 14.4. The molecule has 1 atom stereocenters. The third-order valence-electron chi connectivity index (χ3n) is 4.82. The van der Waals surface area contributed by atoms with Gasteiger partial charge in [0, 0.05) is 12.1 Å². The van der Waals surface area contributed by atoms with Crippen molar-refractivity contribution in [2.24, 2.45) is 0 Å². The molecule has 3 rings (SSSR count). The molecule has 0 saturated heterocycles. The second-order valence-electron chi connectivity index (χ2n) is 6.96. The first kappa shape index (κ1) is 21.7. The standard InChI is InChI=1S/C22H26N4O3S/c1-4-19(21-23-14-20(25-21)16-9-7-6-8-10-16)26-22(27)18-13-17(12-11-15(18)3)30(28,29)24-5-2/h6-14,19,24H,4-5H2,1-3H3,(H,23,25)(H,26,27). The molecule has 0 bridgehead atoms. The van der Waals surface area contributed by atoms with Gasteiger partial charge in [0.25, 0.3) is 5.91 Å². The lowest BCUT2D eigenvalue weighted by Crippen LogP contribution is -2.30. The minimum Gasteiger partial charge on any atom is -0.342 e. The molecule has 1 amide bonds. The van der Waals surface area contributed by atoms with Gasteiger partial charge in [-0.15, -0.1) is 0 Å². The zero-order valence-corrected chi connectivity index (χ0v) is 18.1. The number of aryl methyl sites for hydroxylation is 1. The summed E-state index contributed by atoms with van der Waals surface area (Å²) in [6, 6.07) is 14.0. The van der Waals surface area contributed by atoms with E-state index in [0.717, 1.165) is 11.3 Å². The van der Waals surface area contributed by atoms with Crippen molar-refractivity contribution in [2.75, 3.05) is 6.54 Å². The van der Waals surface area contributed by atoms with Crippen LogP contribution in [0.5, 0.6) is 0 Å². The highest BCUT2D eigenvalue weighted by Gasteiger charge is 2.21.